The second-order valence-corrected chi connectivity index (χ2v) is 7.15. The Morgan fingerprint density at radius 2 is 1.93 bits per heavy atom. The van der Waals surface area contributed by atoms with Gasteiger partial charge in [0, 0.05) is 11.6 Å². The number of rotatable bonds is 5. The molecule has 1 amide bonds. The highest BCUT2D eigenvalue weighted by Gasteiger charge is 2.64. The van der Waals surface area contributed by atoms with E-state index in [4.69, 9.17) is 9.47 Å². The molecule has 27 heavy (non-hydrogen) atoms. The summed E-state index contributed by atoms with van der Waals surface area (Å²) in [5.74, 6) is -2.52. The van der Waals surface area contributed by atoms with Gasteiger partial charge in [-0.1, -0.05) is 0 Å². The number of methoxy groups -OCH3 is 1. The number of ether oxygens (including phenoxy) is 3. The van der Waals surface area contributed by atoms with E-state index in [2.05, 4.69) is 10.1 Å². The fraction of sp³-hybridized carbons (Fsp3) is 0.474. The van der Waals surface area contributed by atoms with E-state index in [9.17, 15) is 19.2 Å². The van der Waals surface area contributed by atoms with Crippen molar-refractivity contribution in [2.75, 3.05) is 19.0 Å². The Morgan fingerprint density at radius 1 is 1.19 bits per heavy atom. The topological polar surface area (TPSA) is 108 Å². The van der Waals surface area contributed by atoms with E-state index in [1.807, 2.05) is 0 Å². The van der Waals surface area contributed by atoms with Crippen LogP contribution in [0.3, 0.4) is 0 Å². The Bertz CT molecular complexity index is 801. The molecule has 0 aromatic heterocycles. The molecule has 0 radical (unpaired) electrons. The van der Waals surface area contributed by atoms with E-state index in [1.165, 1.54) is 19.2 Å². The molecule has 2 bridgehead atoms. The summed E-state index contributed by atoms with van der Waals surface area (Å²) >= 11 is 0. The fourth-order valence-electron chi connectivity index (χ4n) is 4.56. The molecule has 0 spiro atoms. The normalized spacial score (nSPS) is 30.0. The smallest absolute Gasteiger partial charge is 0.337 e. The van der Waals surface area contributed by atoms with Gasteiger partial charge >= 0.3 is 17.9 Å². The lowest BCUT2D eigenvalue weighted by Gasteiger charge is -2.22. The Labute approximate surface area is 155 Å². The number of carbonyl (C=O) groups excluding carboxylic acids is 4. The summed E-state index contributed by atoms with van der Waals surface area (Å²) in [5, 5.41) is 2.59. The quantitative estimate of drug-likeness (QED) is 0.609. The number of esters is 3. The van der Waals surface area contributed by atoms with Crippen molar-refractivity contribution in [1.82, 2.24) is 0 Å². The average molecular weight is 373 g/mol. The summed E-state index contributed by atoms with van der Waals surface area (Å²) < 4.78 is 15.1. The molecule has 1 aromatic carbocycles. The molecule has 1 aliphatic heterocycles. The second kappa shape index (κ2) is 6.68. The highest BCUT2D eigenvalue weighted by atomic mass is 16.6. The fourth-order valence-corrected chi connectivity index (χ4v) is 4.56. The molecule has 142 valence electrons. The van der Waals surface area contributed by atoms with E-state index in [0.717, 1.165) is 6.42 Å². The maximum Gasteiger partial charge on any atom is 0.337 e. The monoisotopic (exact) mass is 373 g/mol. The van der Waals surface area contributed by atoms with Gasteiger partial charge in [-0.3, -0.25) is 14.4 Å². The number of amides is 1. The van der Waals surface area contributed by atoms with Crippen LogP contribution in [0, 0.1) is 23.7 Å². The van der Waals surface area contributed by atoms with Crippen LogP contribution in [0.4, 0.5) is 5.69 Å². The van der Waals surface area contributed by atoms with Crippen molar-refractivity contribution in [3.8, 4) is 0 Å². The van der Waals surface area contributed by atoms with Gasteiger partial charge in [0.05, 0.1) is 24.5 Å². The number of fused-ring (bicyclic) bond motifs is 1. The molecule has 3 fully saturated rings. The van der Waals surface area contributed by atoms with Gasteiger partial charge in [-0.05, 0) is 43.0 Å². The first-order valence-corrected chi connectivity index (χ1v) is 8.83. The molecule has 1 aromatic rings. The van der Waals surface area contributed by atoms with Crippen molar-refractivity contribution in [3.63, 3.8) is 0 Å². The van der Waals surface area contributed by atoms with Crippen LogP contribution in [-0.4, -0.2) is 43.6 Å². The predicted octanol–water partition coefficient (Wildman–Crippen LogP) is 1.15. The third kappa shape index (κ3) is 3.05. The van der Waals surface area contributed by atoms with E-state index >= 15 is 0 Å². The molecule has 2 aliphatic carbocycles. The van der Waals surface area contributed by atoms with Crippen LogP contribution in [0.15, 0.2) is 24.3 Å². The highest BCUT2D eigenvalue weighted by molar-refractivity contribution is 5.95. The van der Waals surface area contributed by atoms with E-state index in [0.29, 0.717) is 17.7 Å². The lowest BCUT2D eigenvalue weighted by molar-refractivity contribution is -0.157. The molecule has 4 rings (SSSR count). The van der Waals surface area contributed by atoms with E-state index in [-0.39, 0.29) is 23.9 Å². The van der Waals surface area contributed by atoms with Gasteiger partial charge in [-0.25, -0.2) is 4.79 Å². The number of nitrogens with one attached hydrogen (secondary N) is 1. The zero-order valence-corrected chi connectivity index (χ0v) is 14.7. The van der Waals surface area contributed by atoms with Crippen LogP contribution in [-0.2, 0) is 28.6 Å². The van der Waals surface area contributed by atoms with Crippen LogP contribution in [0.2, 0.25) is 0 Å². The Morgan fingerprint density at radius 3 is 2.63 bits per heavy atom. The lowest BCUT2D eigenvalue weighted by atomic mass is 9.80. The van der Waals surface area contributed by atoms with Gasteiger partial charge < -0.3 is 19.5 Å². The third-order valence-corrected chi connectivity index (χ3v) is 5.69. The number of hydrogen-bond donors (Lipinski definition) is 1. The molecular formula is C19H19NO7. The molecule has 1 N–H and O–H groups in total. The number of carbonyl (C=O) groups is 4. The standard InChI is InChI=1S/C19H19NO7/c1-25-17(22)9-2-4-11(5-3-9)20-14(21)8-26-18(23)15-10-6-12-13(7-10)27-19(24)16(12)15/h2-5,10,12-13,15-16H,6-8H2,1H3,(H,20,21)/t10-,12+,13+,15-,16-/m1/s1. The summed E-state index contributed by atoms with van der Waals surface area (Å²) in [4.78, 5) is 47.8. The largest absolute Gasteiger partial charge is 0.465 e. The van der Waals surface area contributed by atoms with Gasteiger partial charge in [0.15, 0.2) is 6.61 Å². The minimum atomic E-state index is -0.513. The minimum absolute atomic E-state index is 0.0483. The zero-order chi connectivity index (χ0) is 19.1. The van der Waals surface area contributed by atoms with Crippen LogP contribution < -0.4 is 5.32 Å². The van der Waals surface area contributed by atoms with Crippen molar-refractivity contribution in [2.24, 2.45) is 23.7 Å². The first-order valence-electron chi connectivity index (χ1n) is 8.83. The van der Waals surface area contributed by atoms with E-state index in [1.54, 1.807) is 12.1 Å². The molecule has 5 atom stereocenters. The lowest BCUT2D eigenvalue weighted by Crippen LogP contribution is -2.34. The van der Waals surface area contributed by atoms with Crippen LogP contribution in [0.25, 0.3) is 0 Å². The maximum absolute atomic E-state index is 12.4. The molecular weight excluding hydrogens is 354 g/mol. The molecule has 1 heterocycles. The summed E-state index contributed by atoms with van der Waals surface area (Å²) in [7, 11) is 1.29. The summed E-state index contributed by atoms with van der Waals surface area (Å²) in [6.07, 6.45) is 1.46. The summed E-state index contributed by atoms with van der Waals surface area (Å²) in [5.41, 5.74) is 0.825. The summed E-state index contributed by atoms with van der Waals surface area (Å²) in [6, 6.07) is 6.14. The zero-order valence-electron chi connectivity index (χ0n) is 14.7. The molecule has 0 unspecified atom stereocenters. The number of anilines is 1. The van der Waals surface area contributed by atoms with Crippen molar-refractivity contribution >= 4 is 29.5 Å². The molecule has 8 nitrogen and oxygen atoms in total. The molecule has 1 saturated heterocycles. The van der Waals surface area contributed by atoms with Gasteiger partial charge in [0.2, 0.25) is 0 Å². The number of benzene rings is 1. The average Bonchev–Trinajstić information content (AvgIpc) is 3.28. The molecule has 3 aliphatic rings. The highest BCUT2D eigenvalue weighted by Crippen LogP contribution is 2.57. The van der Waals surface area contributed by atoms with Crippen molar-refractivity contribution in [1.29, 1.82) is 0 Å². The Hall–Kier alpha value is -2.90. The van der Waals surface area contributed by atoms with Crippen molar-refractivity contribution in [2.45, 2.75) is 18.9 Å². The van der Waals surface area contributed by atoms with E-state index < -0.39 is 36.3 Å². The second-order valence-electron chi connectivity index (χ2n) is 7.15. The number of hydrogen-bond acceptors (Lipinski definition) is 7. The molecule has 8 heteroatoms. The van der Waals surface area contributed by atoms with Gasteiger partial charge in [-0.15, -0.1) is 0 Å². The molecule has 2 saturated carbocycles. The van der Waals surface area contributed by atoms with Crippen LogP contribution in [0.5, 0.6) is 0 Å². The van der Waals surface area contributed by atoms with Gasteiger partial charge in [-0.2, -0.15) is 0 Å². The maximum atomic E-state index is 12.4. The van der Waals surface area contributed by atoms with Gasteiger partial charge in [0.25, 0.3) is 5.91 Å². The summed E-state index contributed by atoms with van der Waals surface area (Å²) in [6.45, 7) is -0.434. The predicted molar refractivity (Wildman–Crippen MR) is 90.4 cm³/mol. The Kier molecular flexibility index (Phi) is 4.33. The first kappa shape index (κ1) is 17.5. The van der Waals surface area contributed by atoms with Crippen LogP contribution >= 0.6 is 0 Å². The Balaban J connectivity index is 1.30. The minimum Gasteiger partial charge on any atom is -0.465 e. The SMILES string of the molecule is COC(=O)c1ccc(NC(=O)COC(=O)[C@@H]2[C@@H]3C[C@@H]4[C@H]2C(=O)O[C@H]4C3)cc1. The van der Waals surface area contributed by atoms with Crippen molar-refractivity contribution in [3.05, 3.63) is 29.8 Å². The first-order chi connectivity index (χ1) is 13.0. The third-order valence-electron chi connectivity index (χ3n) is 5.69. The van der Waals surface area contributed by atoms with Crippen LogP contribution in [0.1, 0.15) is 23.2 Å². The van der Waals surface area contributed by atoms with Gasteiger partial charge in [0.1, 0.15) is 6.10 Å². The van der Waals surface area contributed by atoms with Crippen molar-refractivity contribution < 1.29 is 33.4 Å².